The Balaban J connectivity index is 1.65. The average Bonchev–Trinajstić information content (AvgIpc) is 3.18. The van der Waals surface area contributed by atoms with E-state index in [9.17, 15) is 13.2 Å². The van der Waals surface area contributed by atoms with Crippen molar-refractivity contribution in [3.05, 3.63) is 29.3 Å². The molecule has 0 aliphatic carbocycles. The zero-order valence-electron chi connectivity index (χ0n) is 13.4. The topological polar surface area (TPSA) is 84.3 Å². The first-order valence-corrected chi connectivity index (χ1v) is 10.1. The molecule has 0 spiro atoms. The van der Waals surface area contributed by atoms with Crippen molar-refractivity contribution in [2.24, 2.45) is 7.05 Å². The Bertz CT molecular complexity index is 819. The molecule has 1 fully saturated rings. The quantitative estimate of drug-likeness (QED) is 0.873. The number of hydrogen-bond acceptors (Lipinski definition) is 5. The molecule has 0 saturated carbocycles. The summed E-state index contributed by atoms with van der Waals surface area (Å²) in [6.07, 6.45) is 4.77. The summed E-state index contributed by atoms with van der Waals surface area (Å²) in [5.74, 6) is 0.276. The summed E-state index contributed by atoms with van der Waals surface area (Å²) in [6.45, 7) is 1.16. The number of nitrogens with zero attached hydrogens (tertiary/aromatic N) is 3. The molecular weight excluding hydrogens is 348 g/mol. The number of thiophene rings is 1. The molecule has 7 nitrogen and oxygen atoms in total. The van der Waals surface area contributed by atoms with Gasteiger partial charge in [-0.25, -0.2) is 8.42 Å². The van der Waals surface area contributed by atoms with Gasteiger partial charge in [0.1, 0.15) is 4.21 Å². The number of nitrogens with one attached hydrogen (secondary N) is 1. The van der Waals surface area contributed by atoms with Gasteiger partial charge in [0.05, 0.1) is 6.42 Å². The third-order valence-electron chi connectivity index (χ3n) is 3.86. The molecule has 9 heteroatoms. The van der Waals surface area contributed by atoms with E-state index in [4.69, 9.17) is 0 Å². The van der Waals surface area contributed by atoms with Gasteiger partial charge < -0.3 is 5.32 Å². The lowest BCUT2D eigenvalue weighted by atomic mass is 10.2. The summed E-state index contributed by atoms with van der Waals surface area (Å²) in [7, 11) is -1.66. The Morgan fingerprint density at radius 2 is 2.00 bits per heavy atom. The van der Waals surface area contributed by atoms with Gasteiger partial charge >= 0.3 is 0 Å². The Morgan fingerprint density at radius 3 is 2.67 bits per heavy atom. The second-order valence-electron chi connectivity index (χ2n) is 5.79. The largest absolute Gasteiger partial charge is 0.309 e. The molecule has 3 heterocycles. The minimum absolute atomic E-state index is 0.136. The fourth-order valence-electron chi connectivity index (χ4n) is 2.65. The van der Waals surface area contributed by atoms with Gasteiger partial charge in [0.15, 0.2) is 5.82 Å². The zero-order chi connectivity index (χ0) is 17.2. The second-order valence-corrected chi connectivity index (χ2v) is 9.12. The molecule has 1 N–H and O–H groups in total. The number of piperidine rings is 1. The molecule has 130 valence electrons. The first kappa shape index (κ1) is 17.1. The Hall–Kier alpha value is -1.71. The van der Waals surface area contributed by atoms with Crippen molar-refractivity contribution in [1.82, 2.24) is 14.1 Å². The molecule has 2 aromatic rings. The number of hydrogen-bond donors (Lipinski definition) is 1. The van der Waals surface area contributed by atoms with Gasteiger partial charge in [-0.2, -0.15) is 9.40 Å². The van der Waals surface area contributed by atoms with Crippen molar-refractivity contribution in [3.8, 4) is 0 Å². The average molecular weight is 368 g/mol. The Labute approximate surface area is 145 Å². The number of rotatable bonds is 5. The van der Waals surface area contributed by atoms with Crippen molar-refractivity contribution < 1.29 is 13.2 Å². The lowest BCUT2D eigenvalue weighted by Gasteiger charge is -2.25. The van der Waals surface area contributed by atoms with Crippen LogP contribution in [0.3, 0.4) is 0 Å². The summed E-state index contributed by atoms with van der Waals surface area (Å²) in [5.41, 5.74) is 0. The smallest absolute Gasteiger partial charge is 0.252 e. The fraction of sp³-hybridized carbons (Fsp3) is 0.467. The molecule has 0 radical (unpaired) electrons. The highest BCUT2D eigenvalue weighted by atomic mass is 32.2. The molecule has 0 unspecified atom stereocenters. The van der Waals surface area contributed by atoms with Gasteiger partial charge in [-0.05, 0) is 25.0 Å². The monoisotopic (exact) mass is 368 g/mol. The molecule has 1 saturated heterocycles. The lowest BCUT2D eigenvalue weighted by molar-refractivity contribution is -0.115. The second kappa shape index (κ2) is 7.04. The molecule has 0 atom stereocenters. The van der Waals surface area contributed by atoms with E-state index in [1.165, 1.54) is 0 Å². The molecule has 1 aliphatic rings. The number of aryl methyl sites for hydroxylation is 1. The number of amides is 1. The van der Waals surface area contributed by atoms with E-state index in [0.717, 1.165) is 35.5 Å². The SMILES string of the molecule is Cn1ccc(NC(=O)Cc2ccc(S(=O)(=O)N3CCCCC3)s2)n1. The van der Waals surface area contributed by atoms with Crippen LogP contribution in [0.25, 0.3) is 0 Å². The van der Waals surface area contributed by atoms with Gasteiger partial charge in [0.2, 0.25) is 5.91 Å². The predicted octanol–water partition coefficient (Wildman–Crippen LogP) is 1.84. The van der Waals surface area contributed by atoms with E-state index in [1.807, 2.05) is 0 Å². The predicted molar refractivity (Wildman–Crippen MR) is 92.5 cm³/mol. The fourth-order valence-corrected chi connectivity index (χ4v) is 5.68. The van der Waals surface area contributed by atoms with Crippen molar-refractivity contribution in [3.63, 3.8) is 0 Å². The summed E-state index contributed by atoms with van der Waals surface area (Å²) in [6, 6.07) is 5.01. The van der Waals surface area contributed by atoms with Crippen molar-refractivity contribution in [1.29, 1.82) is 0 Å². The summed E-state index contributed by atoms with van der Waals surface area (Å²) < 4.78 is 28.7. The van der Waals surface area contributed by atoms with E-state index in [-0.39, 0.29) is 12.3 Å². The van der Waals surface area contributed by atoms with Crippen LogP contribution in [-0.2, 0) is 28.3 Å². The summed E-state index contributed by atoms with van der Waals surface area (Å²) in [4.78, 5) is 12.8. The van der Waals surface area contributed by atoms with E-state index < -0.39 is 10.0 Å². The molecule has 0 bridgehead atoms. The third-order valence-corrected chi connectivity index (χ3v) is 7.31. The van der Waals surface area contributed by atoms with E-state index in [1.54, 1.807) is 40.4 Å². The summed E-state index contributed by atoms with van der Waals surface area (Å²) >= 11 is 1.16. The lowest BCUT2D eigenvalue weighted by Crippen LogP contribution is -2.35. The summed E-state index contributed by atoms with van der Waals surface area (Å²) in [5, 5.41) is 6.78. The van der Waals surface area contributed by atoms with Crippen LogP contribution in [0.2, 0.25) is 0 Å². The van der Waals surface area contributed by atoms with Crippen LogP contribution in [0, 0.1) is 0 Å². The van der Waals surface area contributed by atoms with Crippen LogP contribution in [-0.4, -0.2) is 41.5 Å². The number of carbonyl (C=O) groups is 1. The van der Waals surface area contributed by atoms with Crippen molar-refractivity contribution in [2.75, 3.05) is 18.4 Å². The molecule has 0 aromatic carbocycles. The van der Waals surface area contributed by atoms with Gasteiger partial charge in [-0.3, -0.25) is 9.48 Å². The number of aromatic nitrogens is 2. The van der Waals surface area contributed by atoms with Crippen LogP contribution < -0.4 is 5.32 Å². The molecule has 1 amide bonds. The number of sulfonamides is 1. The highest BCUT2D eigenvalue weighted by molar-refractivity contribution is 7.91. The molecule has 2 aromatic heterocycles. The van der Waals surface area contributed by atoms with Crippen LogP contribution in [0.4, 0.5) is 5.82 Å². The molecular formula is C15H20N4O3S2. The molecule has 1 aliphatic heterocycles. The molecule has 3 rings (SSSR count). The standard InChI is InChI=1S/C15H20N4O3S2/c1-18-10-7-13(17-18)16-14(20)11-12-5-6-15(23-12)24(21,22)19-8-3-2-4-9-19/h5-7,10H,2-4,8-9,11H2,1H3,(H,16,17,20). The maximum absolute atomic E-state index is 12.6. The van der Waals surface area contributed by atoms with Crippen molar-refractivity contribution >= 4 is 33.1 Å². The minimum atomic E-state index is -3.43. The highest BCUT2D eigenvalue weighted by Crippen LogP contribution is 2.27. The maximum atomic E-state index is 12.6. The van der Waals surface area contributed by atoms with Gasteiger partial charge in [0, 0.05) is 37.3 Å². The minimum Gasteiger partial charge on any atom is -0.309 e. The Morgan fingerprint density at radius 1 is 1.25 bits per heavy atom. The van der Waals surface area contributed by atoms with Gasteiger partial charge in [0.25, 0.3) is 10.0 Å². The van der Waals surface area contributed by atoms with Gasteiger partial charge in [-0.15, -0.1) is 11.3 Å². The number of anilines is 1. The maximum Gasteiger partial charge on any atom is 0.252 e. The van der Waals surface area contributed by atoms with Crippen molar-refractivity contribution in [2.45, 2.75) is 29.9 Å². The van der Waals surface area contributed by atoms with Crippen LogP contribution in [0.15, 0.2) is 28.6 Å². The first-order valence-electron chi connectivity index (χ1n) is 7.83. The normalized spacial score (nSPS) is 16.2. The third kappa shape index (κ3) is 3.85. The van der Waals surface area contributed by atoms with Crippen LogP contribution in [0.5, 0.6) is 0 Å². The van der Waals surface area contributed by atoms with Gasteiger partial charge in [-0.1, -0.05) is 6.42 Å². The van der Waals surface area contributed by atoms with E-state index in [2.05, 4.69) is 10.4 Å². The van der Waals surface area contributed by atoms with E-state index in [0.29, 0.717) is 23.1 Å². The first-order chi connectivity index (χ1) is 11.4. The van der Waals surface area contributed by atoms with Crippen LogP contribution >= 0.6 is 11.3 Å². The van der Waals surface area contributed by atoms with Crippen LogP contribution in [0.1, 0.15) is 24.1 Å². The Kier molecular flexibility index (Phi) is 5.02. The number of carbonyl (C=O) groups excluding carboxylic acids is 1. The zero-order valence-corrected chi connectivity index (χ0v) is 15.1. The van der Waals surface area contributed by atoms with E-state index >= 15 is 0 Å². The molecule has 24 heavy (non-hydrogen) atoms. The highest BCUT2D eigenvalue weighted by Gasteiger charge is 2.27.